The van der Waals surface area contributed by atoms with E-state index in [4.69, 9.17) is 4.74 Å². The van der Waals surface area contributed by atoms with Crippen molar-refractivity contribution in [2.45, 2.75) is 70.7 Å². The molecule has 4 heterocycles. The Bertz CT molecular complexity index is 886. The van der Waals surface area contributed by atoms with Crippen LogP contribution in [0.3, 0.4) is 0 Å². The van der Waals surface area contributed by atoms with Crippen LogP contribution in [0, 0.1) is 0 Å². The van der Waals surface area contributed by atoms with Crippen LogP contribution in [0.4, 0.5) is 0 Å². The molecule has 31 heavy (non-hydrogen) atoms. The van der Waals surface area contributed by atoms with Crippen molar-refractivity contribution in [1.82, 2.24) is 25.2 Å². The van der Waals surface area contributed by atoms with E-state index < -0.39 is 6.10 Å². The number of ether oxygens (including phenoxy) is 1. The maximum absolute atomic E-state index is 11.8. The molecule has 2 N–H and O–H groups in total. The molecule has 1 amide bonds. The van der Waals surface area contributed by atoms with E-state index in [0.717, 1.165) is 57.6 Å². The fourth-order valence-corrected chi connectivity index (χ4v) is 5.63. The highest BCUT2D eigenvalue weighted by molar-refractivity contribution is 7.12. The Balaban J connectivity index is 1.28. The number of thiophene rings is 1. The molecule has 0 saturated carbocycles. The fraction of sp³-hybridized carbons (Fsp3) is 0.682. The standard InChI is InChI=1S/C22H33N5O3S/c1-3-18-12-19-20(31-18)5-11-30-22(19)6-9-26(10-7-22)14-17-15-27(25-24-17)8-4-21(29)23-13-16(2)28/h12,15-16,28H,3-11,13-14H2,1-2H3,(H,23,29). The van der Waals surface area contributed by atoms with Crippen molar-refractivity contribution >= 4 is 17.2 Å². The van der Waals surface area contributed by atoms with Gasteiger partial charge in [0.15, 0.2) is 0 Å². The van der Waals surface area contributed by atoms with Crippen LogP contribution in [-0.2, 0) is 41.1 Å². The molecular weight excluding hydrogens is 414 g/mol. The van der Waals surface area contributed by atoms with Gasteiger partial charge in [0.1, 0.15) is 0 Å². The van der Waals surface area contributed by atoms with Crippen molar-refractivity contribution in [2.75, 3.05) is 26.2 Å². The van der Waals surface area contributed by atoms with Crippen molar-refractivity contribution < 1.29 is 14.6 Å². The molecule has 1 spiro atoms. The van der Waals surface area contributed by atoms with Gasteiger partial charge in [-0.3, -0.25) is 14.4 Å². The molecule has 2 aliphatic heterocycles. The number of aliphatic hydroxyl groups excluding tert-OH is 1. The lowest BCUT2D eigenvalue weighted by Gasteiger charge is -2.44. The molecule has 1 atom stereocenters. The first-order valence-corrected chi connectivity index (χ1v) is 12.1. The summed E-state index contributed by atoms with van der Waals surface area (Å²) < 4.78 is 8.10. The molecule has 0 radical (unpaired) electrons. The molecule has 1 fully saturated rings. The van der Waals surface area contributed by atoms with E-state index in [1.807, 2.05) is 17.5 Å². The number of aliphatic hydroxyl groups is 1. The van der Waals surface area contributed by atoms with Crippen LogP contribution < -0.4 is 5.32 Å². The van der Waals surface area contributed by atoms with Crippen LogP contribution in [0.15, 0.2) is 12.3 Å². The molecule has 2 aliphatic rings. The van der Waals surface area contributed by atoms with Gasteiger partial charge in [0, 0.05) is 55.0 Å². The van der Waals surface area contributed by atoms with Crippen molar-refractivity contribution in [3.8, 4) is 0 Å². The maximum atomic E-state index is 11.8. The summed E-state index contributed by atoms with van der Waals surface area (Å²) in [5.74, 6) is -0.0919. The lowest BCUT2D eigenvalue weighted by atomic mass is 9.82. The van der Waals surface area contributed by atoms with Gasteiger partial charge < -0.3 is 15.2 Å². The zero-order chi connectivity index (χ0) is 21.8. The molecule has 0 aliphatic carbocycles. The Kier molecular flexibility index (Phi) is 7.05. The molecule has 8 nitrogen and oxygen atoms in total. The van der Waals surface area contributed by atoms with Gasteiger partial charge in [-0.2, -0.15) is 0 Å². The van der Waals surface area contributed by atoms with Gasteiger partial charge in [-0.15, -0.1) is 16.4 Å². The molecule has 170 valence electrons. The van der Waals surface area contributed by atoms with E-state index in [1.54, 1.807) is 11.6 Å². The first kappa shape index (κ1) is 22.4. The van der Waals surface area contributed by atoms with Crippen LogP contribution in [-0.4, -0.2) is 63.3 Å². The van der Waals surface area contributed by atoms with E-state index in [2.05, 4.69) is 33.5 Å². The summed E-state index contributed by atoms with van der Waals surface area (Å²) in [7, 11) is 0. The smallest absolute Gasteiger partial charge is 0.221 e. The fourth-order valence-electron chi connectivity index (χ4n) is 4.45. The van der Waals surface area contributed by atoms with Crippen molar-refractivity contribution in [2.24, 2.45) is 0 Å². The van der Waals surface area contributed by atoms with Gasteiger partial charge in [-0.05, 0) is 37.8 Å². The predicted molar refractivity (Wildman–Crippen MR) is 119 cm³/mol. The number of amides is 1. The summed E-state index contributed by atoms with van der Waals surface area (Å²) in [5.41, 5.74) is 2.26. The second-order valence-electron chi connectivity index (χ2n) is 8.65. The van der Waals surface area contributed by atoms with Crippen molar-refractivity contribution in [3.63, 3.8) is 0 Å². The minimum atomic E-state index is -0.537. The summed E-state index contributed by atoms with van der Waals surface area (Å²) in [4.78, 5) is 17.2. The monoisotopic (exact) mass is 447 g/mol. The van der Waals surface area contributed by atoms with Crippen molar-refractivity contribution in [3.05, 3.63) is 33.3 Å². The highest BCUT2D eigenvalue weighted by Crippen LogP contribution is 2.44. The largest absolute Gasteiger partial charge is 0.392 e. The summed E-state index contributed by atoms with van der Waals surface area (Å²) in [6.45, 7) is 8.18. The van der Waals surface area contributed by atoms with Crippen LogP contribution in [0.2, 0.25) is 0 Å². The van der Waals surface area contributed by atoms with Crippen LogP contribution in [0.1, 0.15) is 54.1 Å². The third-order valence-electron chi connectivity index (χ3n) is 6.20. The lowest BCUT2D eigenvalue weighted by molar-refractivity contribution is -0.121. The number of piperidine rings is 1. The highest BCUT2D eigenvalue weighted by atomic mass is 32.1. The minimum Gasteiger partial charge on any atom is -0.392 e. The number of rotatable bonds is 8. The quantitative estimate of drug-likeness (QED) is 0.642. The molecule has 2 aromatic rings. The third kappa shape index (κ3) is 5.34. The Morgan fingerprint density at radius 2 is 2.23 bits per heavy atom. The zero-order valence-electron chi connectivity index (χ0n) is 18.5. The number of nitrogens with zero attached hydrogens (tertiary/aromatic N) is 4. The van der Waals surface area contributed by atoms with Gasteiger partial charge in [-0.1, -0.05) is 12.1 Å². The number of nitrogens with one attached hydrogen (secondary N) is 1. The van der Waals surface area contributed by atoms with Gasteiger partial charge in [0.2, 0.25) is 5.91 Å². The number of fused-ring (bicyclic) bond motifs is 2. The Morgan fingerprint density at radius 3 is 2.97 bits per heavy atom. The van der Waals surface area contributed by atoms with Gasteiger partial charge >= 0.3 is 0 Å². The molecule has 1 saturated heterocycles. The number of carbonyl (C=O) groups is 1. The Labute approximate surface area is 187 Å². The number of hydrogen-bond donors (Lipinski definition) is 2. The first-order chi connectivity index (χ1) is 15.0. The first-order valence-electron chi connectivity index (χ1n) is 11.3. The van der Waals surface area contributed by atoms with E-state index in [1.165, 1.54) is 15.3 Å². The molecule has 0 aromatic carbocycles. The second-order valence-corrected chi connectivity index (χ2v) is 9.87. The lowest BCUT2D eigenvalue weighted by Crippen LogP contribution is -2.45. The summed E-state index contributed by atoms with van der Waals surface area (Å²) in [6.07, 6.45) is 5.87. The van der Waals surface area contributed by atoms with E-state index in [-0.39, 0.29) is 18.1 Å². The number of aryl methyl sites for hydroxylation is 2. The van der Waals surface area contributed by atoms with E-state index in [9.17, 15) is 9.90 Å². The number of carbonyl (C=O) groups excluding carboxylic acids is 1. The number of likely N-dealkylation sites (tertiary alicyclic amines) is 1. The molecule has 1 unspecified atom stereocenters. The summed E-state index contributed by atoms with van der Waals surface area (Å²) in [5, 5.41) is 20.4. The maximum Gasteiger partial charge on any atom is 0.221 e. The highest BCUT2D eigenvalue weighted by Gasteiger charge is 2.41. The average Bonchev–Trinajstić information content (AvgIpc) is 3.40. The summed E-state index contributed by atoms with van der Waals surface area (Å²) in [6, 6.07) is 2.39. The van der Waals surface area contributed by atoms with E-state index in [0.29, 0.717) is 13.0 Å². The predicted octanol–water partition coefficient (Wildman–Crippen LogP) is 1.85. The molecule has 4 rings (SSSR count). The van der Waals surface area contributed by atoms with Gasteiger partial charge in [0.25, 0.3) is 0 Å². The van der Waals surface area contributed by atoms with Gasteiger partial charge in [0.05, 0.1) is 30.6 Å². The van der Waals surface area contributed by atoms with E-state index >= 15 is 0 Å². The Morgan fingerprint density at radius 1 is 1.42 bits per heavy atom. The number of hydrogen-bond acceptors (Lipinski definition) is 7. The normalized spacial score (nSPS) is 19.3. The molecular formula is C22H33N5O3S. The Hall–Kier alpha value is -1.81. The third-order valence-corrected chi connectivity index (χ3v) is 7.54. The second kappa shape index (κ2) is 9.77. The molecule has 0 bridgehead atoms. The van der Waals surface area contributed by atoms with Crippen LogP contribution in [0.25, 0.3) is 0 Å². The zero-order valence-corrected chi connectivity index (χ0v) is 19.3. The van der Waals surface area contributed by atoms with Crippen molar-refractivity contribution in [1.29, 1.82) is 0 Å². The topological polar surface area (TPSA) is 92.5 Å². The molecule has 2 aromatic heterocycles. The van der Waals surface area contributed by atoms with Gasteiger partial charge in [-0.25, -0.2) is 0 Å². The van der Waals surface area contributed by atoms with Crippen LogP contribution in [0.5, 0.6) is 0 Å². The number of aromatic nitrogens is 3. The average molecular weight is 448 g/mol. The minimum absolute atomic E-state index is 0.0919. The SMILES string of the molecule is CCc1cc2c(s1)CCOC21CCN(Cc2cn(CCC(=O)NCC(C)O)nn2)CC1. The molecule has 9 heteroatoms. The van der Waals surface area contributed by atoms with Crippen LogP contribution >= 0.6 is 11.3 Å². The summed E-state index contributed by atoms with van der Waals surface area (Å²) >= 11 is 1.96.